The van der Waals surface area contributed by atoms with Gasteiger partial charge in [-0.2, -0.15) is 0 Å². The lowest BCUT2D eigenvalue weighted by Gasteiger charge is -2.26. The first-order valence-electron chi connectivity index (χ1n) is 47.8. The van der Waals surface area contributed by atoms with Crippen LogP contribution in [0.4, 0.5) is 0 Å². The molecule has 0 amide bonds. The van der Waals surface area contributed by atoms with Crippen molar-refractivity contribution in [2.24, 2.45) is 5.92 Å². The highest BCUT2D eigenvalue weighted by Gasteiger charge is 2.27. The predicted molar refractivity (Wildman–Crippen MR) is 569 cm³/mol. The first-order chi connectivity index (χ1) is 69.2. The first-order valence-corrected chi connectivity index (χ1v) is 47.8. The molecule has 24 aromatic rings. The largest absolute Gasteiger partial charge is 0.456 e. The molecule has 0 saturated heterocycles. The highest BCUT2D eigenvalue weighted by molar-refractivity contribution is 6.10. The third-order valence-electron chi connectivity index (χ3n) is 27.6. The van der Waals surface area contributed by atoms with E-state index in [1.807, 2.05) is 103 Å². The lowest BCUT2D eigenvalue weighted by Crippen LogP contribution is -2.13. The lowest BCUT2D eigenvalue weighted by atomic mass is 9.79. The Morgan fingerprint density at radius 1 is 0.221 bits per heavy atom. The van der Waals surface area contributed by atoms with Crippen molar-refractivity contribution in [3.63, 3.8) is 0 Å². The van der Waals surface area contributed by atoms with Crippen LogP contribution < -0.4 is 0 Å². The maximum atomic E-state index is 6.24. The quantitative estimate of drug-likeness (QED) is 0.107. The fourth-order valence-corrected chi connectivity index (χ4v) is 20.1. The van der Waals surface area contributed by atoms with E-state index in [9.17, 15) is 0 Å². The molecule has 4 aliphatic carbocycles. The van der Waals surface area contributed by atoms with Gasteiger partial charge in [-0.15, -0.1) is 0 Å². The van der Waals surface area contributed by atoms with Crippen LogP contribution in [0.3, 0.4) is 0 Å². The summed E-state index contributed by atoms with van der Waals surface area (Å²) in [5, 5.41) is 15.9. The summed E-state index contributed by atoms with van der Waals surface area (Å²) < 4.78 is 24.6. The second-order valence-corrected chi connectivity index (χ2v) is 36.3. The standard InChI is InChI=1S/C47H29N3O.C43H25N3O2.C37H31N3O/c1-3-9-36-27-38(23-17-30(36)7-1)32-13-19-34(20-14-32)45-48-46(35-21-15-33(16-22-35)39-24-18-31-8-2-4-10-37(31)28-39)50-47(49-45)40-25-26-42-41-11-5-6-12-43(41)51-44(42)29-40;1-2-8-29-23-30(18-15-26(29)7-1)27-13-16-28(17-14-27)41-44-42(31-20-22-39-36(24-31)34-10-4-6-12-38(34)47-39)46-43(45-41)32-19-21-35-33-9-3-5-11-37(33)48-40(35)25-32;1-2-9-26(10-3-1)35-38-36(27-17-14-25(15-18-27)29-19-16-24-8-4-5-11-28(24)22-29)40-37(39-35)30-20-21-34-32(23-30)31-12-6-7-13-33(31)41-34/h1-29H;1-25H;1-2,5-7,9,11-17,19-21,23,27,29H,3-4,8,10,18,22H2. The van der Waals surface area contributed by atoms with Gasteiger partial charge < -0.3 is 17.7 Å². The van der Waals surface area contributed by atoms with Crippen molar-refractivity contribution in [3.8, 4) is 113 Å². The Morgan fingerprint density at radius 3 is 0.993 bits per heavy atom. The summed E-state index contributed by atoms with van der Waals surface area (Å²) in [4.78, 5) is 45.3. The summed E-state index contributed by atoms with van der Waals surface area (Å²) in [6.07, 6.45) is 29.1. The lowest BCUT2D eigenvalue weighted by molar-refractivity contribution is 0.668. The Kier molecular flexibility index (Phi) is 20.8. The van der Waals surface area contributed by atoms with E-state index in [2.05, 4.69) is 328 Å². The van der Waals surface area contributed by atoms with E-state index in [0.29, 0.717) is 40.9 Å². The Labute approximate surface area is 805 Å². The van der Waals surface area contributed by atoms with Crippen LogP contribution in [-0.4, -0.2) is 44.9 Å². The van der Waals surface area contributed by atoms with Gasteiger partial charge in [0.05, 0.1) is 0 Å². The van der Waals surface area contributed by atoms with E-state index in [-0.39, 0.29) is 5.92 Å². The minimum atomic E-state index is 0.120. The molecule has 0 N–H and O–H groups in total. The third kappa shape index (κ3) is 16.0. The molecule has 7 aromatic heterocycles. The van der Waals surface area contributed by atoms with Crippen LogP contribution >= 0.6 is 0 Å². The van der Waals surface area contributed by atoms with Gasteiger partial charge in [-0.05, 0) is 230 Å². The summed E-state index contributed by atoms with van der Waals surface area (Å²) in [5.41, 5.74) is 25.6. The zero-order chi connectivity index (χ0) is 92.5. The topological polar surface area (TPSA) is 169 Å². The molecule has 140 heavy (non-hydrogen) atoms. The predicted octanol–water partition coefficient (Wildman–Crippen LogP) is 33.3. The fraction of sp³-hybridized carbons (Fsp3) is 0.0630. The van der Waals surface area contributed by atoms with Crippen molar-refractivity contribution in [3.05, 3.63) is 459 Å². The van der Waals surface area contributed by atoms with Crippen molar-refractivity contribution in [2.75, 3.05) is 0 Å². The van der Waals surface area contributed by atoms with E-state index < -0.39 is 0 Å². The normalized spacial score (nSPS) is 14.6. The summed E-state index contributed by atoms with van der Waals surface area (Å²) in [5.74, 6) is 6.48. The minimum Gasteiger partial charge on any atom is -0.456 e. The number of aromatic nitrogens is 9. The van der Waals surface area contributed by atoms with Crippen molar-refractivity contribution >= 4 is 126 Å². The molecular weight excluding hydrogens is 1720 g/mol. The smallest absolute Gasteiger partial charge is 0.164 e. The Hall–Kier alpha value is -18.1. The molecule has 0 saturated carbocycles. The van der Waals surface area contributed by atoms with E-state index in [1.165, 1.54) is 72.2 Å². The number of fused-ring (bicyclic) bond motifs is 15. The molecule has 4 aliphatic rings. The summed E-state index contributed by atoms with van der Waals surface area (Å²) in [6, 6.07) is 128. The molecule has 17 aromatic carbocycles. The van der Waals surface area contributed by atoms with Gasteiger partial charge >= 0.3 is 0 Å². The van der Waals surface area contributed by atoms with E-state index in [1.54, 1.807) is 0 Å². The van der Waals surface area contributed by atoms with Crippen molar-refractivity contribution < 1.29 is 17.7 Å². The number of rotatable bonds is 13. The zero-order valence-corrected chi connectivity index (χ0v) is 76.0. The highest BCUT2D eigenvalue weighted by atomic mass is 16.3. The van der Waals surface area contributed by atoms with Gasteiger partial charge in [0.15, 0.2) is 46.6 Å². The summed E-state index contributed by atoms with van der Waals surface area (Å²) in [7, 11) is 0. The van der Waals surface area contributed by atoms with Crippen molar-refractivity contribution in [1.29, 1.82) is 0 Å². The van der Waals surface area contributed by atoms with Crippen LogP contribution in [0.1, 0.15) is 56.1 Å². The average Bonchev–Trinajstić information content (AvgIpc) is 1.59. The van der Waals surface area contributed by atoms with Gasteiger partial charge in [0.25, 0.3) is 0 Å². The molecule has 0 spiro atoms. The minimum absolute atomic E-state index is 0.120. The van der Waals surface area contributed by atoms with Crippen molar-refractivity contribution in [1.82, 2.24) is 44.9 Å². The summed E-state index contributed by atoms with van der Waals surface area (Å²) in [6.45, 7) is 0. The fourth-order valence-electron chi connectivity index (χ4n) is 20.1. The SMILES string of the molecule is C1=CCCC(c2nc(-c3ccc4oc5ccccc5c4c3)nc(C3C=CC(C4C=CC5=C(C=CCC5)C4)=CC3)n2)=C1.c1ccc2cc(-c3ccc(-c4nc(-c5ccc(-c6ccc7ccccc7c6)cc5)nc(-c5ccc6c(c5)oc5ccccc56)n4)cc3)ccc2c1.c1ccc2cc(-c3ccc(-c4nc(-c5ccc6c(c5)oc5ccccc56)nc(-c5ccc6oc7ccccc7c6c5)n4)cc3)ccc2c1. The molecule has 13 heteroatoms. The van der Waals surface area contributed by atoms with Crippen LogP contribution in [-0.2, 0) is 0 Å². The Bertz CT molecular complexity index is 9210. The molecule has 28 rings (SSSR count). The first kappa shape index (κ1) is 82.6. The highest BCUT2D eigenvalue weighted by Crippen LogP contribution is 2.44. The summed E-state index contributed by atoms with van der Waals surface area (Å²) >= 11 is 0. The number of benzene rings is 17. The maximum absolute atomic E-state index is 6.24. The molecule has 0 bridgehead atoms. The van der Waals surface area contributed by atoms with Gasteiger partial charge in [0.1, 0.15) is 50.5 Å². The van der Waals surface area contributed by atoms with Gasteiger partial charge in [0, 0.05) is 93.9 Å². The Morgan fingerprint density at radius 2 is 0.557 bits per heavy atom. The molecule has 7 heterocycles. The molecule has 13 nitrogen and oxygen atoms in total. The number of hydrogen-bond donors (Lipinski definition) is 0. The monoisotopic (exact) mass is 1800 g/mol. The van der Waals surface area contributed by atoms with Crippen LogP contribution in [0.15, 0.2) is 465 Å². The second-order valence-electron chi connectivity index (χ2n) is 36.3. The molecular formula is C127H85N9O4. The number of furan rings is 4. The van der Waals surface area contributed by atoms with Gasteiger partial charge in [-0.3, -0.25) is 0 Å². The van der Waals surface area contributed by atoms with Crippen molar-refractivity contribution in [2.45, 2.75) is 44.4 Å². The third-order valence-corrected chi connectivity index (χ3v) is 27.6. The zero-order valence-electron chi connectivity index (χ0n) is 76.0. The molecule has 0 fully saturated rings. The van der Waals surface area contributed by atoms with Crippen LogP contribution in [0.5, 0.6) is 0 Å². The molecule has 2 unspecified atom stereocenters. The molecule has 2 atom stereocenters. The van der Waals surface area contributed by atoms with Crippen LogP contribution in [0.25, 0.3) is 239 Å². The van der Waals surface area contributed by atoms with E-state index in [0.717, 1.165) is 199 Å². The number of nitrogens with zero attached hydrogens (tertiary/aromatic N) is 9. The molecule has 0 aliphatic heterocycles. The second kappa shape index (κ2) is 35.3. The number of para-hydroxylation sites is 4. The number of hydrogen-bond acceptors (Lipinski definition) is 13. The average molecular weight is 1800 g/mol. The maximum Gasteiger partial charge on any atom is 0.164 e. The number of allylic oxidation sites excluding steroid dienone is 14. The van der Waals surface area contributed by atoms with Gasteiger partial charge in [-0.25, -0.2) is 44.9 Å². The molecule has 662 valence electrons. The Balaban J connectivity index is 0.000000109. The van der Waals surface area contributed by atoms with E-state index >= 15 is 0 Å². The van der Waals surface area contributed by atoms with Gasteiger partial charge in [-0.1, -0.05) is 328 Å². The van der Waals surface area contributed by atoms with Crippen LogP contribution in [0, 0.1) is 5.92 Å². The van der Waals surface area contributed by atoms with E-state index in [4.69, 9.17) is 62.5 Å². The van der Waals surface area contributed by atoms with Gasteiger partial charge in [0.2, 0.25) is 0 Å². The van der Waals surface area contributed by atoms with Crippen LogP contribution in [0.2, 0.25) is 0 Å². The molecule has 0 radical (unpaired) electrons.